The molecule has 0 aliphatic heterocycles. The van der Waals surface area contributed by atoms with Crippen LogP contribution in [-0.2, 0) is 9.63 Å². The molecule has 27 heavy (non-hydrogen) atoms. The van der Waals surface area contributed by atoms with Gasteiger partial charge in [-0.3, -0.25) is 9.59 Å². The van der Waals surface area contributed by atoms with E-state index in [1.54, 1.807) is 36.4 Å². The smallest absolute Gasteiger partial charge is 0.265 e. The Labute approximate surface area is 161 Å². The predicted octanol–water partition coefficient (Wildman–Crippen LogP) is 3.55. The Morgan fingerprint density at radius 1 is 1.15 bits per heavy atom. The molecule has 0 atom stereocenters. The van der Waals surface area contributed by atoms with Crippen LogP contribution in [0.1, 0.15) is 22.8 Å². The molecule has 0 aromatic heterocycles. The summed E-state index contributed by atoms with van der Waals surface area (Å²) in [5, 5.41) is 6.76. The van der Waals surface area contributed by atoms with Crippen LogP contribution >= 0.6 is 11.6 Å². The van der Waals surface area contributed by atoms with E-state index in [4.69, 9.17) is 25.9 Å². The lowest BCUT2D eigenvalue weighted by Gasteiger charge is -2.09. The molecule has 0 bridgehead atoms. The highest BCUT2D eigenvalue weighted by Crippen LogP contribution is 2.35. The summed E-state index contributed by atoms with van der Waals surface area (Å²) in [4.78, 5) is 28.1. The number of methoxy groups -OCH3 is 2. The van der Waals surface area contributed by atoms with E-state index in [0.717, 1.165) is 0 Å². The van der Waals surface area contributed by atoms with Crippen LogP contribution in [0.15, 0.2) is 41.6 Å². The summed E-state index contributed by atoms with van der Waals surface area (Å²) in [6.07, 6.45) is 1.41. The fourth-order valence-corrected chi connectivity index (χ4v) is 2.49. The van der Waals surface area contributed by atoms with E-state index in [9.17, 15) is 9.59 Å². The van der Waals surface area contributed by atoms with E-state index in [-0.39, 0.29) is 18.3 Å². The van der Waals surface area contributed by atoms with Crippen LogP contribution in [0.5, 0.6) is 11.5 Å². The van der Waals surface area contributed by atoms with Crippen molar-refractivity contribution in [1.82, 2.24) is 0 Å². The maximum Gasteiger partial charge on any atom is 0.265 e. The molecule has 7 nitrogen and oxygen atoms in total. The Kier molecular flexibility index (Phi) is 7.19. The quantitative estimate of drug-likeness (QED) is 0.423. The van der Waals surface area contributed by atoms with Crippen molar-refractivity contribution in [3.63, 3.8) is 0 Å². The van der Waals surface area contributed by atoms with Crippen LogP contribution in [0.25, 0.3) is 0 Å². The van der Waals surface area contributed by atoms with Crippen molar-refractivity contribution in [3.05, 3.63) is 52.5 Å². The number of carbonyl (C=O) groups is 2. The predicted molar refractivity (Wildman–Crippen MR) is 103 cm³/mol. The first-order valence-corrected chi connectivity index (χ1v) is 8.30. The number of rotatable bonds is 8. The third-order valence-electron chi connectivity index (χ3n) is 3.50. The third-order valence-corrected chi connectivity index (χ3v) is 3.78. The van der Waals surface area contributed by atoms with Gasteiger partial charge in [0.2, 0.25) is 0 Å². The molecular formula is C19H19ClN2O5. The van der Waals surface area contributed by atoms with Crippen molar-refractivity contribution in [3.8, 4) is 11.5 Å². The first-order valence-electron chi connectivity index (χ1n) is 7.92. The molecule has 142 valence electrons. The lowest BCUT2D eigenvalue weighted by atomic mass is 10.1. The summed E-state index contributed by atoms with van der Waals surface area (Å²) >= 11 is 6.10. The zero-order valence-corrected chi connectivity index (χ0v) is 15.9. The SMILES string of the molecule is COc1cc(/C=N\OCC(=O)Nc2ccc(C(C)=O)cc2)cc(Cl)c1OC. The van der Waals surface area contributed by atoms with Gasteiger partial charge in [0.25, 0.3) is 5.91 Å². The van der Waals surface area contributed by atoms with Crippen molar-refractivity contribution >= 4 is 35.2 Å². The molecule has 0 unspecified atom stereocenters. The highest BCUT2D eigenvalue weighted by molar-refractivity contribution is 6.32. The highest BCUT2D eigenvalue weighted by Gasteiger charge is 2.10. The number of nitrogens with zero attached hydrogens (tertiary/aromatic N) is 1. The molecule has 0 spiro atoms. The summed E-state index contributed by atoms with van der Waals surface area (Å²) in [7, 11) is 2.99. The van der Waals surface area contributed by atoms with Crippen LogP contribution in [0.2, 0.25) is 5.02 Å². The minimum atomic E-state index is -0.381. The van der Waals surface area contributed by atoms with Crippen LogP contribution in [-0.4, -0.2) is 38.7 Å². The fourth-order valence-electron chi connectivity index (χ4n) is 2.19. The summed E-state index contributed by atoms with van der Waals surface area (Å²) in [5.41, 5.74) is 1.75. The third kappa shape index (κ3) is 5.72. The largest absolute Gasteiger partial charge is 0.493 e. The van der Waals surface area contributed by atoms with Crippen LogP contribution in [0.3, 0.4) is 0 Å². The minimum Gasteiger partial charge on any atom is -0.493 e. The Morgan fingerprint density at radius 2 is 1.85 bits per heavy atom. The average Bonchev–Trinajstić information content (AvgIpc) is 2.65. The monoisotopic (exact) mass is 390 g/mol. The maximum atomic E-state index is 11.8. The zero-order valence-electron chi connectivity index (χ0n) is 15.1. The second-order valence-corrected chi connectivity index (χ2v) is 5.84. The van der Waals surface area contributed by atoms with E-state index in [1.807, 2.05) is 0 Å². The number of benzene rings is 2. The van der Waals surface area contributed by atoms with Gasteiger partial charge in [0.05, 0.1) is 25.5 Å². The normalized spacial score (nSPS) is 10.5. The van der Waals surface area contributed by atoms with E-state index in [2.05, 4.69) is 10.5 Å². The van der Waals surface area contributed by atoms with E-state index in [1.165, 1.54) is 27.4 Å². The number of halogens is 1. The number of hydrogen-bond acceptors (Lipinski definition) is 6. The number of oxime groups is 1. The summed E-state index contributed by atoms with van der Waals surface area (Å²) in [5.74, 6) is 0.458. The molecule has 0 saturated heterocycles. The van der Waals surface area contributed by atoms with Crippen molar-refractivity contribution in [2.75, 3.05) is 26.1 Å². The van der Waals surface area contributed by atoms with Crippen LogP contribution < -0.4 is 14.8 Å². The number of ether oxygens (including phenoxy) is 2. The lowest BCUT2D eigenvalue weighted by molar-refractivity contribution is -0.120. The van der Waals surface area contributed by atoms with Gasteiger partial charge in [0.15, 0.2) is 23.9 Å². The molecule has 0 heterocycles. The molecular weight excluding hydrogens is 372 g/mol. The molecule has 2 aromatic carbocycles. The number of amides is 1. The molecule has 0 aliphatic carbocycles. The number of ketones is 1. The van der Waals surface area contributed by atoms with Gasteiger partial charge >= 0.3 is 0 Å². The summed E-state index contributed by atoms with van der Waals surface area (Å²) in [6.45, 7) is 1.21. The topological polar surface area (TPSA) is 86.2 Å². The Morgan fingerprint density at radius 3 is 2.44 bits per heavy atom. The number of hydrogen-bond donors (Lipinski definition) is 1. The van der Waals surface area contributed by atoms with Gasteiger partial charge in [-0.15, -0.1) is 0 Å². The van der Waals surface area contributed by atoms with Gasteiger partial charge < -0.3 is 19.6 Å². The molecule has 1 N–H and O–H groups in total. The Balaban J connectivity index is 1.89. The number of Topliss-reactive ketones (excluding diaryl/α,β-unsaturated/α-hetero) is 1. The molecule has 2 rings (SSSR count). The highest BCUT2D eigenvalue weighted by atomic mass is 35.5. The first-order chi connectivity index (χ1) is 12.9. The van der Waals surface area contributed by atoms with E-state index < -0.39 is 0 Å². The Hall–Kier alpha value is -3.06. The lowest BCUT2D eigenvalue weighted by Crippen LogP contribution is -2.17. The fraction of sp³-hybridized carbons (Fsp3) is 0.211. The molecule has 1 amide bonds. The maximum absolute atomic E-state index is 11.8. The van der Waals surface area contributed by atoms with Gasteiger partial charge in [-0.25, -0.2) is 0 Å². The van der Waals surface area contributed by atoms with Crippen molar-refractivity contribution in [1.29, 1.82) is 0 Å². The van der Waals surface area contributed by atoms with E-state index in [0.29, 0.717) is 33.3 Å². The standard InChI is InChI=1S/C19H19ClN2O5/c1-12(23)14-4-6-15(7-5-14)22-18(24)11-27-21-10-13-8-16(20)19(26-3)17(9-13)25-2/h4-10H,11H2,1-3H3,(H,22,24)/b21-10-. The van der Waals surface area contributed by atoms with Gasteiger partial charge in [0, 0.05) is 16.8 Å². The molecule has 8 heteroatoms. The molecule has 2 aromatic rings. The summed E-state index contributed by atoms with van der Waals surface area (Å²) in [6, 6.07) is 9.86. The first kappa shape index (κ1) is 20.3. The van der Waals surface area contributed by atoms with Gasteiger partial charge in [-0.1, -0.05) is 16.8 Å². The minimum absolute atomic E-state index is 0.0409. The van der Waals surface area contributed by atoms with Crippen LogP contribution in [0, 0.1) is 0 Å². The number of carbonyl (C=O) groups excluding carboxylic acids is 2. The molecule has 0 radical (unpaired) electrons. The van der Waals surface area contributed by atoms with Gasteiger partial charge in [0.1, 0.15) is 0 Å². The molecule has 0 fully saturated rings. The Bertz CT molecular complexity index is 850. The zero-order chi connectivity index (χ0) is 19.8. The van der Waals surface area contributed by atoms with Gasteiger partial charge in [-0.2, -0.15) is 0 Å². The van der Waals surface area contributed by atoms with Crippen molar-refractivity contribution < 1.29 is 23.9 Å². The second kappa shape index (κ2) is 9.59. The van der Waals surface area contributed by atoms with Gasteiger partial charge in [-0.05, 0) is 43.3 Å². The van der Waals surface area contributed by atoms with Crippen molar-refractivity contribution in [2.45, 2.75) is 6.92 Å². The molecule has 0 saturated carbocycles. The van der Waals surface area contributed by atoms with Crippen molar-refractivity contribution in [2.24, 2.45) is 5.16 Å². The molecule has 0 aliphatic rings. The second-order valence-electron chi connectivity index (χ2n) is 5.43. The number of anilines is 1. The number of nitrogens with one attached hydrogen (secondary N) is 1. The van der Waals surface area contributed by atoms with Crippen LogP contribution in [0.4, 0.5) is 5.69 Å². The van der Waals surface area contributed by atoms with E-state index >= 15 is 0 Å². The summed E-state index contributed by atoms with van der Waals surface area (Å²) < 4.78 is 10.3. The average molecular weight is 391 g/mol.